The van der Waals surface area contributed by atoms with Crippen LogP contribution in [0.3, 0.4) is 0 Å². The molecule has 2 unspecified atom stereocenters. The molecule has 2 N–H and O–H groups in total. The number of pyridine rings is 1. The van der Waals surface area contributed by atoms with Gasteiger partial charge < -0.3 is 24.8 Å². The maximum Gasteiger partial charge on any atom is 0.243 e. The maximum absolute atomic E-state index is 11.7. The number of carbonyl (C=O) groups excluding carboxylic acids is 1. The maximum atomic E-state index is 11.7. The first-order chi connectivity index (χ1) is 17.4. The van der Waals surface area contributed by atoms with Gasteiger partial charge in [-0.3, -0.25) is 9.20 Å². The summed E-state index contributed by atoms with van der Waals surface area (Å²) in [5.41, 5.74) is 2.40. The summed E-state index contributed by atoms with van der Waals surface area (Å²) in [6.45, 7) is 4.27. The van der Waals surface area contributed by atoms with Crippen molar-refractivity contribution in [3.05, 3.63) is 53.4 Å². The van der Waals surface area contributed by atoms with Gasteiger partial charge in [0.05, 0.1) is 49.6 Å². The van der Waals surface area contributed by atoms with Crippen LogP contribution in [0.25, 0.3) is 27.8 Å². The number of nitrogens with zero attached hydrogens (tertiary/aromatic N) is 4. The number of rotatable bonds is 7. The Morgan fingerprint density at radius 1 is 1.14 bits per heavy atom. The number of aromatic nitrogens is 4. The zero-order valence-electron chi connectivity index (χ0n) is 19.4. The highest BCUT2D eigenvalue weighted by molar-refractivity contribution is 6.41. The van der Waals surface area contributed by atoms with E-state index in [0.29, 0.717) is 63.1 Å². The van der Waals surface area contributed by atoms with Gasteiger partial charge >= 0.3 is 0 Å². The highest BCUT2D eigenvalue weighted by atomic mass is 35.5. The van der Waals surface area contributed by atoms with E-state index in [2.05, 4.69) is 27.2 Å². The van der Waals surface area contributed by atoms with Crippen LogP contribution in [0, 0.1) is 0 Å². The largest absolute Gasteiger partial charge is 0.495 e. The van der Waals surface area contributed by atoms with Crippen LogP contribution in [0.2, 0.25) is 10.0 Å². The normalized spacial score (nSPS) is 17.3. The second-order valence-corrected chi connectivity index (χ2v) is 8.80. The molecule has 36 heavy (non-hydrogen) atoms. The van der Waals surface area contributed by atoms with E-state index in [4.69, 9.17) is 42.4 Å². The lowest BCUT2D eigenvalue weighted by Gasteiger charge is -2.20. The summed E-state index contributed by atoms with van der Waals surface area (Å²) in [4.78, 5) is 25.5. The molecule has 186 valence electrons. The van der Waals surface area contributed by atoms with Crippen molar-refractivity contribution >= 4 is 51.7 Å². The SMILES string of the molecule is C=CC(=O)NC1COCC1Nc1ncc2cc(-c3c(Cl)c(OC)cc(OC)c3Cl)c3nccn3c2n1. The minimum atomic E-state index is -0.268. The molecular formula is C24H22Cl2N6O4. The molecule has 12 heteroatoms. The number of ether oxygens (including phenoxy) is 3. The monoisotopic (exact) mass is 528 g/mol. The Morgan fingerprint density at radius 2 is 1.86 bits per heavy atom. The van der Waals surface area contributed by atoms with Gasteiger partial charge in [0, 0.05) is 41.2 Å². The minimum Gasteiger partial charge on any atom is -0.495 e. The number of fused-ring (bicyclic) bond motifs is 3. The lowest BCUT2D eigenvalue weighted by Crippen LogP contribution is -2.45. The first-order valence-corrected chi connectivity index (χ1v) is 11.7. The van der Waals surface area contributed by atoms with Crippen molar-refractivity contribution in [2.24, 2.45) is 0 Å². The van der Waals surface area contributed by atoms with Crippen LogP contribution in [0.15, 0.2) is 43.4 Å². The molecule has 1 amide bonds. The van der Waals surface area contributed by atoms with E-state index in [0.717, 1.165) is 5.39 Å². The fraction of sp³-hybridized carbons (Fsp3) is 0.250. The molecule has 5 rings (SSSR count). The number of hydrogen-bond acceptors (Lipinski definition) is 8. The Kier molecular flexibility index (Phi) is 6.57. The van der Waals surface area contributed by atoms with E-state index in [9.17, 15) is 4.79 Å². The van der Waals surface area contributed by atoms with Gasteiger partial charge in [-0.25, -0.2) is 9.97 Å². The second-order valence-electron chi connectivity index (χ2n) is 8.04. The van der Waals surface area contributed by atoms with Crippen LogP contribution in [-0.2, 0) is 9.53 Å². The van der Waals surface area contributed by atoms with Crippen molar-refractivity contribution in [1.82, 2.24) is 24.7 Å². The Bertz CT molecular complexity index is 1460. The predicted octanol–water partition coefficient (Wildman–Crippen LogP) is 3.75. The number of anilines is 1. The number of nitrogens with one attached hydrogen (secondary N) is 2. The van der Waals surface area contributed by atoms with Crippen LogP contribution >= 0.6 is 23.2 Å². The van der Waals surface area contributed by atoms with Gasteiger partial charge in [-0.05, 0) is 12.1 Å². The summed E-state index contributed by atoms with van der Waals surface area (Å²) in [7, 11) is 3.05. The number of halogens is 2. The van der Waals surface area contributed by atoms with E-state index in [1.807, 2.05) is 10.5 Å². The standard InChI is InChI=1S/C24H22Cl2N6O4/c1-4-18(33)29-14-10-36-11-15(14)30-24-28-9-12-7-13(23-27-5-6-32(23)22(12)31-24)19-20(25)16(34-2)8-17(35-3)21(19)26/h4-9,14-15H,1,10-11H2,2-3H3,(H,29,33)(H,28,30,31). The van der Waals surface area contributed by atoms with Gasteiger partial charge in [-0.2, -0.15) is 4.98 Å². The quantitative estimate of drug-likeness (QED) is 0.349. The molecule has 1 fully saturated rings. The first kappa shape index (κ1) is 24.1. The van der Waals surface area contributed by atoms with Crippen LogP contribution < -0.4 is 20.1 Å². The highest BCUT2D eigenvalue weighted by Crippen LogP contribution is 2.47. The van der Waals surface area contributed by atoms with Crippen LogP contribution in [-0.4, -0.2) is 64.8 Å². The molecule has 10 nitrogen and oxygen atoms in total. The van der Waals surface area contributed by atoms with Gasteiger partial charge in [-0.1, -0.05) is 29.8 Å². The Hall–Kier alpha value is -3.60. The van der Waals surface area contributed by atoms with Gasteiger partial charge in [0.1, 0.15) is 17.1 Å². The second kappa shape index (κ2) is 9.81. The number of benzene rings is 1. The topological polar surface area (TPSA) is 112 Å². The fourth-order valence-electron chi connectivity index (χ4n) is 4.19. The molecule has 0 radical (unpaired) electrons. The summed E-state index contributed by atoms with van der Waals surface area (Å²) >= 11 is 13.4. The summed E-state index contributed by atoms with van der Waals surface area (Å²) < 4.78 is 18.2. The number of hydrogen-bond donors (Lipinski definition) is 2. The van der Waals surface area contributed by atoms with Crippen molar-refractivity contribution in [2.75, 3.05) is 32.8 Å². The summed E-state index contributed by atoms with van der Waals surface area (Å²) in [5, 5.41) is 7.51. The predicted molar refractivity (Wildman–Crippen MR) is 137 cm³/mol. The third kappa shape index (κ3) is 4.17. The Balaban J connectivity index is 1.59. The molecule has 1 aliphatic heterocycles. The highest BCUT2D eigenvalue weighted by Gasteiger charge is 2.30. The summed E-state index contributed by atoms with van der Waals surface area (Å²) in [6.07, 6.45) is 6.38. The van der Waals surface area contributed by atoms with Crippen LogP contribution in [0.5, 0.6) is 11.5 Å². The van der Waals surface area contributed by atoms with E-state index >= 15 is 0 Å². The Morgan fingerprint density at radius 3 is 2.56 bits per heavy atom. The summed E-state index contributed by atoms with van der Waals surface area (Å²) in [5.74, 6) is 0.962. The van der Waals surface area contributed by atoms with Crippen LogP contribution in [0.1, 0.15) is 0 Å². The average molecular weight is 529 g/mol. The molecular weight excluding hydrogens is 507 g/mol. The zero-order valence-corrected chi connectivity index (χ0v) is 20.9. The zero-order chi connectivity index (χ0) is 25.4. The molecule has 0 bridgehead atoms. The lowest BCUT2D eigenvalue weighted by molar-refractivity contribution is -0.117. The molecule has 1 saturated heterocycles. The molecule has 4 heterocycles. The number of amides is 1. The first-order valence-electron chi connectivity index (χ1n) is 11.0. The number of methoxy groups -OCH3 is 2. The third-order valence-electron chi connectivity index (χ3n) is 5.96. The molecule has 3 aromatic heterocycles. The van der Waals surface area contributed by atoms with Gasteiger partial charge in [0.2, 0.25) is 11.9 Å². The number of carbonyl (C=O) groups is 1. The Labute approximate surface area is 216 Å². The van der Waals surface area contributed by atoms with Crippen molar-refractivity contribution in [3.63, 3.8) is 0 Å². The van der Waals surface area contributed by atoms with Crippen molar-refractivity contribution < 1.29 is 19.0 Å². The van der Waals surface area contributed by atoms with E-state index in [1.54, 1.807) is 24.7 Å². The lowest BCUT2D eigenvalue weighted by atomic mass is 10.0. The van der Waals surface area contributed by atoms with Crippen molar-refractivity contribution in [2.45, 2.75) is 12.1 Å². The van der Waals surface area contributed by atoms with E-state index < -0.39 is 0 Å². The third-order valence-corrected chi connectivity index (χ3v) is 6.71. The molecule has 4 aromatic rings. The summed E-state index contributed by atoms with van der Waals surface area (Å²) in [6, 6.07) is 3.07. The van der Waals surface area contributed by atoms with Crippen LogP contribution in [0.4, 0.5) is 5.95 Å². The van der Waals surface area contributed by atoms with Crippen molar-refractivity contribution in [1.29, 1.82) is 0 Å². The molecule has 0 aliphatic carbocycles. The smallest absolute Gasteiger partial charge is 0.243 e. The number of imidazole rings is 1. The minimum absolute atomic E-state index is 0.203. The van der Waals surface area contributed by atoms with E-state index in [-0.39, 0.29) is 18.0 Å². The molecule has 0 spiro atoms. The fourth-order valence-corrected chi connectivity index (χ4v) is 4.90. The molecule has 1 aliphatic rings. The van der Waals surface area contributed by atoms with Gasteiger partial charge in [-0.15, -0.1) is 0 Å². The van der Waals surface area contributed by atoms with Gasteiger partial charge in [0.25, 0.3) is 0 Å². The van der Waals surface area contributed by atoms with Crippen molar-refractivity contribution in [3.8, 4) is 22.6 Å². The average Bonchev–Trinajstić information content (AvgIpc) is 3.54. The molecule has 2 atom stereocenters. The molecule has 1 aromatic carbocycles. The van der Waals surface area contributed by atoms with E-state index in [1.165, 1.54) is 20.3 Å². The molecule has 0 saturated carbocycles. The van der Waals surface area contributed by atoms with Gasteiger partial charge in [0.15, 0.2) is 5.65 Å².